The molecule has 2 aromatic rings. The molecule has 0 radical (unpaired) electrons. The number of fused-ring (bicyclic) bond motifs is 1. The normalized spacial score (nSPS) is 19.0. The van der Waals surface area contributed by atoms with E-state index in [1.54, 1.807) is 13.3 Å². The van der Waals surface area contributed by atoms with E-state index in [0.29, 0.717) is 24.6 Å². The number of piperidine rings is 1. The Labute approximate surface area is 159 Å². The van der Waals surface area contributed by atoms with Crippen molar-refractivity contribution in [3.05, 3.63) is 53.0 Å². The van der Waals surface area contributed by atoms with Crippen molar-refractivity contribution in [2.24, 2.45) is 0 Å². The summed E-state index contributed by atoms with van der Waals surface area (Å²) >= 11 is 0. The summed E-state index contributed by atoms with van der Waals surface area (Å²) in [6.07, 6.45) is 8.55. The fraction of sp³-hybridized carbons (Fsp3) is 0.476. The number of nitrogens with zero attached hydrogens (tertiary/aromatic N) is 3. The van der Waals surface area contributed by atoms with Crippen molar-refractivity contribution in [3.63, 3.8) is 0 Å². The molecule has 0 bridgehead atoms. The van der Waals surface area contributed by atoms with Gasteiger partial charge in [-0.2, -0.15) is 0 Å². The molecule has 0 unspecified atom stereocenters. The van der Waals surface area contributed by atoms with Crippen molar-refractivity contribution < 1.29 is 14.3 Å². The van der Waals surface area contributed by atoms with Gasteiger partial charge in [-0.1, -0.05) is 6.07 Å². The number of carbonyl (C=O) groups is 1. The van der Waals surface area contributed by atoms with Crippen LogP contribution in [0.1, 0.15) is 46.4 Å². The molecule has 1 aliphatic heterocycles. The molecular formula is C21H25N3O3. The lowest BCUT2D eigenvalue weighted by molar-refractivity contribution is -0.00691. The Morgan fingerprint density at radius 1 is 1.33 bits per heavy atom. The molecule has 27 heavy (non-hydrogen) atoms. The summed E-state index contributed by atoms with van der Waals surface area (Å²) in [6.45, 7) is 1.86. The third-order valence-electron chi connectivity index (χ3n) is 5.31. The highest BCUT2D eigenvalue weighted by Crippen LogP contribution is 2.28. The van der Waals surface area contributed by atoms with Gasteiger partial charge in [0.05, 0.1) is 19.8 Å². The maximum Gasteiger partial charge on any atom is 0.259 e. The molecule has 6 heteroatoms. The zero-order valence-electron chi connectivity index (χ0n) is 15.7. The fourth-order valence-electron chi connectivity index (χ4n) is 3.89. The van der Waals surface area contributed by atoms with Crippen LogP contribution in [0.4, 0.5) is 0 Å². The summed E-state index contributed by atoms with van der Waals surface area (Å²) < 4.78 is 11.5. The highest BCUT2D eigenvalue weighted by Gasteiger charge is 2.29. The highest BCUT2D eigenvalue weighted by molar-refractivity contribution is 5.96. The minimum atomic E-state index is -0.0104. The van der Waals surface area contributed by atoms with E-state index in [4.69, 9.17) is 9.47 Å². The predicted octanol–water partition coefficient (Wildman–Crippen LogP) is 2.80. The highest BCUT2D eigenvalue weighted by atomic mass is 16.5. The zero-order chi connectivity index (χ0) is 18.6. The second-order valence-electron chi connectivity index (χ2n) is 7.19. The number of pyridine rings is 2. The van der Waals surface area contributed by atoms with Gasteiger partial charge in [0.2, 0.25) is 5.88 Å². The third-order valence-corrected chi connectivity index (χ3v) is 5.31. The molecule has 0 aromatic carbocycles. The summed E-state index contributed by atoms with van der Waals surface area (Å²) in [5.74, 6) is 0.433. The van der Waals surface area contributed by atoms with E-state index in [2.05, 4.69) is 9.97 Å². The number of methoxy groups -OCH3 is 1. The summed E-state index contributed by atoms with van der Waals surface area (Å²) in [4.78, 5) is 23.7. The van der Waals surface area contributed by atoms with Crippen LogP contribution in [0.3, 0.4) is 0 Å². The van der Waals surface area contributed by atoms with Crippen molar-refractivity contribution in [3.8, 4) is 5.88 Å². The van der Waals surface area contributed by atoms with Gasteiger partial charge in [-0.05, 0) is 55.4 Å². The van der Waals surface area contributed by atoms with E-state index >= 15 is 0 Å². The number of carbonyl (C=O) groups excluding carboxylic acids is 1. The lowest BCUT2D eigenvalue weighted by Crippen LogP contribution is -2.43. The van der Waals surface area contributed by atoms with E-state index in [0.717, 1.165) is 49.9 Å². The predicted molar refractivity (Wildman–Crippen MR) is 101 cm³/mol. The molecule has 2 aromatic heterocycles. The van der Waals surface area contributed by atoms with Crippen molar-refractivity contribution in [2.45, 2.75) is 44.8 Å². The first-order valence-electron chi connectivity index (χ1n) is 9.61. The largest absolute Gasteiger partial charge is 0.480 e. The Bertz CT molecular complexity index is 810. The molecule has 1 atom stereocenters. The molecule has 2 aliphatic rings. The molecule has 1 amide bonds. The maximum atomic E-state index is 13.1. The molecule has 3 heterocycles. The van der Waals surface area contributed by atoms with E-state index in [9.17, 15) is 4.79 Å². The van der Waals surface area contributed by atoms with Crippen LogP contribution in [0.5, 0.6) is 5.88 Å². The molecular weight excluding hydrogens is 342 g/mol. The lowest BCUT2D eigenvalue weighted by atomic mass is 10.1. The van der Waals surface area contributed by atoms with Crippen LogP contribution >= 0.6 is 0 Å². The maximum absolute atomic E-state index is 13.1. The van der Waals surface area contributed by atoms with Crippen LogP contribution in [0.2, 0.25) is 0 Å². The molecule has 1 aliphatic carbocycles. The Morgan fingerprint density at radius 3 is 3.07 bits per heavy atom. The molecule has 1 saturated heterocycles. The topological polar surface area (TPSA) is 64.5 Å². The quantitative estimate of drug-likeness (QED) is 0.813. The Balaban J connectivity index is 1.44. The standard InChI is InChI=1S/C21H25N3O3/c1-26-20-18(11-16-6-2-8-19(16)23-20)21(25)24-10-4-7-17(13-24)27-14-15-5-3-9-22-12-15/h3,5,9,11-12,17H,2,4,6-8,10,13-14H2,1H3/t17-/m1/s1. The van der Waals surface area contributed by atoms with Gasteiger partial charge in [-0.25, -0.2) is 4.98 Å². The number of amides is 1. The molecule has 4 rings (SSSR count). The Hall–Kier alpha value is -2.47. The van der Waals surface area contributed by atoms with Gasteiger partial charge in [0.1, 0.15) is 5.56 Å². The van der Waals surface area contributed by atoms with Crippen LogP contribution in [0.25, 0.3) is 0 Å². The summed E-state index contributed by atoms with van der Waals surface area (Å²) in [7, 11) is 1.58. The van der Waals surface area contributed by atoms with E-state index in [1.165, 1.54) is 5.56 Å². The zero-order valence-corrected chi connectivity index (χ0v) is 15.7. The van der Waals surface area contributed by atoms with Crippen LogP contribution in [0, 0.1) is 0 Å². The van der Waals surface area contributed by atoms with Crippen LogP contribution in [0.15, 0.2) is 30.6 Å². The molecule has 0 N–H and O–H groups in total. The van der Waals surface area contributed by atoms with Crippen molar-refractivity contribution in [1.29, 1.82) is 0 Å². The van der Waals surface area contributed by atoms with Crippen molar-refractivity contribution >= 4 is 5.91 Å². The van der Waals surface area contributed by atoms with Gasteiger partial charge in [-0.15, -0.1) is 0 Å². The van der Waals surface area contributed by atoms with E-state index in [1.807, 2.05) is 29.3 Å². The van der Waals surface area contributed by atoms with Gasteiger partial charge < -0.3 is 14.4 Å². The summed E-state index contributed by atoms with van der Waals surface area (Å²) in [5, 5.41) is 0. The van der Waals surface area contributed by atoms with Crippen LogP contribution in [-0.2, 0) is 24.2 Å². The molecule has 0 saturated carbocycles. The average molecular weight is 367 g/mol. The Morgan fingerprint density at radius 2 is 2.26 bits per heavy atom. The second kappa shape index (κ2) is 8.05. The number of aromatic nitrogens is 2. The molecule has 1 fully saturated rings. The number of likely N-dealkylation sites (tertiary alicyclic amines) is 1. The van der Waals surface area contributed by atoms with Gasteiger partial charge in [0.25, 0.3) is 5.91 Å². The molecule has 6 nitrogen and oxygen atoms in total. The average Bonchev–Trinajstić information content (AvgIpc) is 3.19. The van der Waals surface area contributed by atoms with E-state index in [-0.39, 0.29) is 12.0 Å². The number of hydrogen-bond acceptors (Lipinski definition) is 5. The van der Waals surface area contributed by atoms with Gasteiger partial charge in [0.15, 0.2) is 0 Å². The van der Waals surface area contributed by atoms with Crippen molar-refractivity contribution in [1.82, 2.24) is 14.9 Å². The third kappa shape index (κ3) is 3.95. The SMILES string of the molecule is COc1nc2c(cc1C(=O)N1CCC[C@@H](OCc3cccnc3)C1)CCC2. The lowest BCUT2D eigenvalue weighted by Gasteiger charge is -2.33. The van der Waals surface area contributed by atoms with Crippen LogP contribution < -0.4 is 4.74 Å². The van der Waals surface area contributed by atoms with Gasteiger partial charge in [0, 0.05) is 31.2 Å². The Kier molecular flexibility index (Phi) is 5.34. The summed E-state index contributed by atoms with van der Waals surface area (Å²) in [6, 6.07) is 5.89. The second-order valence-corrected chi connectivity index (χ2v) is 7.19. The summed E-state index contributed by atoms with van der Waals surface area (Å²) in [5.41, 5.74) is 3.87. The van der Waals surface area contributed by atoms with Gasteiger partial charge in [-0.3, -0.25) is 9.78 Å². The molecule has 0 spiro atoms. The monoisotopic (exact) mass is 367 g/mol. The number of ether oxygens (including phenoxy) is 2. The first-order valence-corrected chi connectivity index (χ1v) is 9.61. The molecule has 142 valence electrons. The first kappa shape index (κ1) is 17.9. The number of rotatable bonds is 5. The van der Waals surface area contributed by atoms with Gasteiger partial charge >= 0.3 is 0 Å². The number of hydrogen-bond donors (Lipinski definition) is 0. The van der Waals surface area contributed by atoms with E-state index < -0.39 is 0 Å². The number of aryl methyl sites for hydroxylation is 2. The minimum absolute atomic E-state index is 0.0104. The van der Waals surface area contributed by atoms with Crippen LogP contribution in [-0.4, -0.2) is 47.1 Å². The minimum Gasteiger partial charge on any atom is -0.480 e. The van der Waals surface area contributed by atoms with Crippen molar-refractivity contribution in [2.75, 3.05) is 20.2 Å². The smallest absolute Gasteiger partial charge is 0.259 e. The fourth-order valence-corrected chi connectivity index (χ4v) is 3.89. The first-order chi connectivity index (χ1) is 13.2.